The van der Waals surface area contributed by atoms with E-state index in [2.05, 4.69) is 5.16 Å². The van der Waals surface area contributed by atoms with Crippen LogP contribution in [-0.4, -0.2) is 22.0 Å². The zero-order valence-corrected chi connectivity index (χ0v) is 16.6. The monoisotopic (exact) mass is 428 g/mol. The molecular formula is C21H14Cl2N2O4. The number of amides is 1. The Hall–Kier alpha value is -3.09. The lowest BCUT2D eigenvalue weighted by molar-refractivity contribution is -0.132. The lowest BCUT2D eigenvalue weighted by Crippen LogP contribution is -2.29. The number of Topliss-reactive ketones (excluding diaryl/α,β-unsaturated/α-hetero) is 1. The molecule has 1 saturated heterocycles. The summed E-state index contributed by atoms with van der Waals surface area (Å²) in [4.78, 5) is 27.0. The Balaban J connectivity index is 1.97. The second-order valence-corrected chi connectivity index (χ2v) is 7.32. The molecule has 29 heavy (non-hydrogen) atoms. The van der Waals surface area contributed by atoms with E-state index in [1.807, 2.05) is 0 Å². The highest BCUT2D eigenvalue weighted by Gasteiger charge is 2.48. The van der Waals surface area contributed by atoms with Crippen molar-refractivity contribution in [2.45, 2.75) is 13.0 Å². The minimum absolute atomic E-state index is 0.0692. The van der Waals surface area contributed by atoms with Crippen LogP contribution in [0.3, 0.4) is 0 Å². The summed E-state index contributed by atoms with van der Waals surface area (Å²) in [5.41, 5.74) is 0.837. The van der Waals surface area contributed by atoms with Gasteiger partial charge in [0, 0.05) is 11.6 Å². The number of aromatic nitrogens is 1. The molecule has 1 N–H and O–H groups in total. The molecular weight excluding hydrogens is 415 g/mol. The van der Waals surface area contributed by atoms with Gasteiger partial charge in [-0.3, -0.25) is 14.5 Å². The van der Waals surface area contributed by atoms with Crippen LogP contribution < -0.4 is 4.90 Å². The van der Waals surface area contributed by atoms with Crippen molar-refractivity contribution in [3.63, 3.8) is 0 Å². The maximum absolute atomic E-state index is 12.9. The highest BCUT2D eigenvalue weighted by atomic mass is 35.5. The van der Waals surface area contributed by atoms with E-state index in [4.69, 9.17) is 27.7 Å². The fourth-order valence-electron chi connectivity index (χ4n) is 3.29. The maximum atomic E-state index is 12.9. The minimum atomic E-state index is -0.950. The van der Waals surface area contributed by atoms with Gasteiger partial charge in [-0.15, -0.1) is 0 Å². The van der Waals surface area contributed by atoms with E-state index in [0.717, 1.165) is 0 Å². The summed E-state index contributed by atoms with van der Waals surface area (Å²) < 4.78 is 5.09. The van der Waals surface area contributed by atoms with E-state index in [1.54, 1.807) is 55.5 Å². The molecule has 1 aromatic heterocycles. The normalized spacial score (nSPS) is 18.4. The molecule has 3 aromatic rings. The summed E-state index contributed by atoms with van der Waals surface area (Å²) >= 11 is 12.2. The van der Waals surface area contributed by atoms with Gasteiger partial charge in [0.2, 0.25) is 0 Å². The van der Waals surface area contributed by atoms with Gasteiger partial charge in [-0.2, -0.15) is 0 Å². The molecule has 0 spiro atoms. The number of carbonyl (C=O) groups excluding carboxylic acids is 2. The molecule has 0 unspecified atom stereocenters. The fraction of sp³-hybridized carbons (Fsp3) is 0.0952. The number of hydrogen-bond acceptors (Lipinski definition) is 5. The van der Waals surface area contributed by atoms with Gasteiger partial charge in [0.1, 0.15) is 11.5 Å². The van der Waals surface area contributed by atoms with Crippen LogP contribution in [0, 0.1) is 6.92 Å². The molecule has 8 heteroatoms. The summed E-state index contributed by atoms with van der Waals surface area (Å²) in [6.45, 7) is 1.67. The van der Waals surface area contributed by atoms with Crippen LogP contribution in [0.5, 0.6) is 0 Å². The van der Waals surface area contributed by atoms with Crippen LogP contribution in [0.1, 0.15) is 22.9 Å². The number of aryl methyl sites for hydroxylation is 1. The second-order valence-electron chi connectivity index (χ2n) is 6.50. The predicted octanol–water partition coefficient (Wildman–Crippen LogP) is 4.92. The average molecular weight is 429 g/mol. The molecule has 0 radical (unpaired) electrons. The number of nitrogens with zero attached hydrogens (tertiary/aromatic N) is 2. The minimum Gasteiger partial charge on any atom is -0.507 e. The Morgan fingerprint density at radius 3 is 2.41 bits per heavy atom. The van der Waals surface area contributed by atoms with Gasteiger partial charge in [0.25, 0.3) is 5.78 Å². The van der Waals surface area contributed by atoms with Crippen molar-refractivity contribution in [1.29, 1.82) is 0 Å². The summed E-state index contributed by atoms with van der Waals surface area (Å²) in [5.74, 6) is -1.32. The van der Waals surface area contributed by atoms with Crippen molar-refractivity contribution in [2.75, 3.05) is 4.90 Å². The van der Waals surface area contributed by atoms with E-state index >= 15 is 0 Å². The Morgan fingerprint density at radius 2 is 1.79 bits per heavy atom. The zero-order chi connectivity index (χ0) is 20.7. The van der Waals surface area contributed by atoms with Gasteiger partial charge in [-0.1, -0.05) is 64.8 Å². The van der Waals surface area contributed by atoms with Gasteiger partial charge >= 0.3 is 5.91 Å². The second kappa shape index (κ2) is 7.39. The predicted molar refractivity (Wildman–Crippen MR) is 109 cm³/mol. The molecule has 2 heterocycles. The lowest BCUT2D eigenvalue weighted by atomic mass is 9.95. The van der Waals surface area contributed by atoms with Crippen molar-refractivity contribution in [3.8, 4) is 0 Å². The molecule has 1 aliphatic rings. The first-order chi connectivity index (χ1) is 13.9. The third-order valence-corrected chi connectivity index (χ3v) is 5.35. The number of anilines is 1. The van der Waals surface area contributed by atoms with E-state index in [-0.39, 0.29) is 22.2 Å². The number of benzene rings is 2. The van der Waals surface area contributed by atoms with Crippen LogP contribution in [0.25, 0.3) is 5.76 Å². The van der Waals surface area contributed by atoms with Crippen LogP contribution in [-0.2, 0) is 9.59 Å². The third-order valence-electron chi connectivity index (χ3n) is 4.61. The van der Waals surface area contributed by atoms with Crippen molar-refractivity contribution < 1.29 is 19.2 Å². The number of ketones is 1. The first-order valence-corrected chi connectivity index (χ1v) is 9.38. The maximum Gasteiger partial charge on any atom is 0.301 e. The van der Waals surface area contributed by atoms with E-state index < -0.39 is 17.7 Å². The van der Waals surface area contributed by atoms with Crippen molar-refractivity contribution in [2.24, 2.45) is 0 Å². The number of aliphatic hydroxyl groups excluding tert-OH is 1. The van der Waals surface area contributed by atoms with Crippen molar-refractivity contribution >= 4 is 46.5 Å². The van der Waals surface area contributed by atoms with E-state index in [9.17, 15) is 14.7 Å². The molecule has 1 aliphatic heterocycles. The molecule has 1 atom stereocenters. The SMILES string of the molecule is Cc1cc(N2C(=O)C(=O)C(=C(O)c3ccccc3)[C@@H]2c2ccc(Cl)c(Cl)c2)no1. The topological polar surface area (TPSA) is 83.6 Å². The molecule has 146 valence electrons. The fourth-order valence-corrected chi connectivity index (χ4v) is 3.59. The molecule has 0 bridgehead atoms. The summed E-state index contributed by atoms with van der Waals surface area (Å²) in [6, 6.07) is 13.9. The quantitative estimate of drug-likeness (QED) is 0.363. The van der Waals surface area contributed by atoms with Crippen LogP contribution in [0.15, 0.2) is 64.7 Å². The largest absolute Gasteiger partial charge is 0.507 e. The van der Waals surface area contributed by atoms with Gasteiger partial charge in [-0.05, 0) is 24.6 Å². The number of carbonyl (C=O) groups is 2. The number of halogens is 2. The highest BCUT2D eigenvalue weighted by Crippen LogP contribution is 2.43. The Labute approximate surface area is 175 Å². The molecule has 2 aromatic carbocycles. The molecule has 1 fully saturated rings. The first-order valence-electron chi connectivity index (χ1n) is 8.63. The molecule has 1 amide bonds. The van der Waals surface area contributed by atoms with E-state index in [1.165, 1.54) is 11.0 Å². The average Bonchev–Trinajstić information content (AvgIpc) is 3.25. The van der Waals surface area contributed by atoms with Crippen LogP contribution in [0.4, 0.5) is 5.82 Å². The smallest absolute Gasteiger partial charge is 0.301 e. The van der Waals surface area contributed by atoms with Crippen LogP contribution in [0.2, 0.25) is 10.0 Å². The van der Waals surface area contributed by atoms with Gasteiger partial charge in [-0.25, -0.2) is 0 Å². The highest BCUT2D eigenvalue weighted by molar-refractivity contribution is 6.51. The van der Waals surface area contributed by atoms with Crippen molar-refractivity contribution in [3.05, 3.63) is 87.1 Å². The van der Waals surface area contributed by atoms with Gasteiger partial charge in [0.15, 0.2) is 5.82 Å². The molecule has 6 nitrogen and oxygen atoms in total. The lowest BCUT2D eigenvalue weighted by Gasteiger charge is -2.23. The summed E-state index contributed by atoms with van der Waals surface area (Å²) in [5, 5.41) is 15.4. The summed E-state index contributed by atoms with van der Waals surface area (Å²) in [6.07, 6.45) is 0. The van der Waals surface area contributed by atoms with Gasteiger partial charge in [0.05, 0.1) is 21.7 Å². The number of aliphatic hydroxyl groups is 1. The third kappa shape index (κ3) is 3.30. The Bertz CT molecular complexity index is 1150. The van der Waals surface area contributed by atoms with E-state index in [0.29, 0.717) is 21.9 Å². The Morgan fingerprint density at radius 1 is 1.07 bits per heavy atom. The van der Waals surface area contributed by atoms with Crippen molar-refractivity contribution in [1.82, 2.24) is 5.16 Å². The number of hydrogen-bond donors (Lipinski definition) is 1. The molecule has 0 aliphatic carbocycles. The number of rotatable bonds is 3. The standard InChI is InChI=1S/C21H14Cl2N2O4/c1-11-9-16(24-29-11)25-18(13-7-8-14(22)15(23)10-13)17(20(27)21(25)28)19(26)12-5-3-2-4-6-12/h2-10,18,26H,1H3/t18-/m0/s1. The Kier molecular flexibility index (Phi) is 4.90. The molecule has 0 saturated carbocycles. The van der Waals surface area contributed by atoms with Gasteiger partial charge < -0.3 is 9.63 Å². The first kappa shape index (κ1) is 19.2. The van der Waals surface area contributed by atoms with Crippen LogP contribution >= 0.6 is 23.2 Å². The molecule has 4 rings (SSSR count). The summed E-state index contributed by atoms with van der Waals surface area (Å²) in [7, 11) is 0. The zero-order valence-electron chi connectivity index (χ0n) is 15.1.